The van der Waals surface area contributed by atoms with Gasteiger partial charge in [0.25, 0.3) is 0 Å². The summed E-state index contributed by atoms with van der Waals surface area (Å²) in [6.45, 7) is 5.79. The van der Waals surface area contributed by atoms with E-state index < -0.39 is 0 Å². The summed E-state index contributed by atoms with van der Waals surface area (Å²) in [5.74, 6) is 2.28. The van der Waals surface area contributed by atoms with Gasteiger partial charge in [-0.05, 0) is 37.0 Å². The molecule has 1 heterocycles. The van der Waals surface area contributed by atoms with Crippen LogP contribution in [0.5, 0.6) is 11.5 Å². The quantitative estimate of drug-likeness (QED) is 0.511. The average molecular weight is 388 g/mol. The van der Waals surface area contributed by atoms with Crippen LogP contribution < -0.4 is 20.1 Å². The van der Waals surface area contributed by atoms with Crippen LogP contribution in [0.4, 0.5) is 0 Å². The van der Waals surface area contributed by atoms with Gasteiger partial charge in [-0.2, -0.15) is 5.10 Å². The third-order valence-corrected chi connectivity index (χ3v) is 4.84. The molecular formula is C21H33N5O2. The van der Waals surface area contributed by atoms with Gasteiger partial charge in [0.1, 0.15) is 0 Å². The number of rotatable bonds is 9. The zero-order chi connectivity index (χ0) is 20.5. The number of guanidine groups is 1. The van der Waals surface area contributed by atoms with Crippen molar-refractivity contribution in [3.05, 3.63) is 40.7 Å². The molecule has 0 unspecified atom stereocenters. The molecule has 1 aromatic carbocycles. The van der Waals surface area contributed by atoms with Crippen LogP contribution in [0.25, 0.3) is 0 Å². The number of benzene rings is 1. The number of ether oxygens (including phenoxy) is 2. The SMILES string of the molecule is CCc1nn(C)c(CC)c1CNC(=NC)NCCc1ccc(OC)c(OC)c1. The third kappa shape index (κ3) is 5.18. The molecule has 2 aromatic rings. The number of aryl methyl sites for hydroxylation is 2. The minimum absolute atomic E-state index is 0.718. The monoisotopic (exact) mass is 387 g/mol. The maximum atomic E-state index is 5.37. The topological polar surface area (TPSA) is 72.7 Å². The maximum Gasteiger partial charge on any atom is 0.191 e. The molecule has 0 saturated heterocycles. The Morgan fingerprint density at radius 1 is 1.11 bits per heavy atom. The van der Waals surface area contributed by atoms with E-state index in [1.165, 1.54) is 16.8 Å². The van der Waals surface area contributed by atoms with Gasteiger partial charge in [-0.1, -0.05) is 19.9 Å². The molecule has 2 rings (SSSR count). The summed E-state index contributed by atoms with van der Waals surface area (Å²) >= 11 is 0. The molecule has 0 aliphatic carbocycles. The fourth-order valence-corrected chi connectivity index (χ4v) is 3.35. The summed E-state index contributed by atoms with van der Waals surface area (Å²) in [6.07, 6.45) is 2.75. The van der Waals surface area contributed by atoms with Gasteiger partial charge in [0.2, 0.25) is 0 Å². The van der Waals surface area contributed by atoms with Crippen molar-refractivity contribution in [1.29, 1.82) is 0 Å². The Labute approximate surface area is 168 Å². The molecule has 0 atom stereocenters. The van der Waals surface area contributed by atoms with Crippen LogP contribution in [0.15, 0.2) is 23.2 Å². The van der Waals surface area contributed by atoms with E-state index in [9.17, 15) is 0 Å². The van der Waals surface area contributed by atoms with Gasteiger partial charge in [-0.15, -0.1) is 0 Å². The van der Waals surface area contributed by atoms with Gasteiger partial charge in [-0.25, -0.2) is 0 Å². The predicted octanol–water partition coefficient (Wildman–Crippen LogP) is 2.47. The summed E-state index contributed by atoms with van der Waals surface area (Å²) in [4.78, 5) is 4.34. The Bertz CT molecular complexity index is 798. The Morgan fingerprint density at radius 2 is 1.86 bits per heavy atom. The van der Waals surface area contributed by atoms with E-state index in [1.54, 1.807) is 21.3 Å². The molecule has 0 radical (unpaired) electrons. The van der Waals surface area contributed by atoms with E-state index in [-0.39, 0.29) is 0 Å². The fraction of sp³-hybridized carbons (Fsp3) is 0.524. The van der Waals surface area contributed by atoms with Crippen molar-refractivity contribution in [3.63, 3.8) is 0 Å². The standard InChI is InChI=1S/C21H33N5O2/c1-7-17-16(18(8-2)26(4)25-17)14-24-21(22-3)23-12-11-15-9-10-19(27-5)20(13-15)28-6/h9-10,13H,7-8,11-12,14H2,1-6H3,(H2,22,23,24). The molecule has 0 saturated carbocycles. The highest BCUT2D eigenvalue weighted by molar-refractivity contribution is 5.79. The first-order valence-corrected chi connectivity index (χ1v) is 9.76. The molecular weight excluding hydrogens is 354 g/mol. The molecule has 0 aliphatic heterocycles. The van der Waals surface area contributed by atoms with Gasteiger partial charge in [0, 0.05) is 38.4 Å². The third-order valence-electron chi connectivity index (χ3n) is 4.84. The highest BCUT2D eigenvalue weighted by atomic mass is 16.5. The van der Waals surface area contributed by atoms with Crippen molar-refractivity contribution in [3.8, 4) is 11.5 Å². The summed E-state index contributed by atoms with van der Waals surface area (Å²) in [6, 6.07) is 5.99. The van der Waals surface area contributed by atoms with E-state index >= 15 is 0 Å². The fourth-order valence-electron chi connectivity index (χ4n) is 3.35. The smallest absolute Gasteiger partial charge is 0.191 e. The van der Waals surface area contributed by atoms with E-state index in [2.05, 4.69) is 40.6 Å². The van der Waals surface area contributed by atoms with Crippen molar-refractivity contribution >= 4 is 5.96 Å². The highest BCUT2D eigenvalue weighted by Crippen LogP contribution is 2.27. The van der Waals surface area contributed by atoms with E-state index in [0.717, 1.165) is 55.5 Å². The Morgan fingerprint density at radius 3 is 2.46 bits per heavy atom. The summed E-state index contributed by atoms with van der Waals surface area (Å²) in [5, 5.41) is 11.4. The van der Waals surface area contributed by atoms with Crippen LogP contribution in [0.3, 0.4) is 0 Å². The second-order valence-electron chi connectivity index (χ2n) is 6.49. The van der Waals surface area contributed by atoms with Crippen molar-refractivity contribution < 1.29 is 9.47 Å². The minimum atomic E-state index is 0.718. The lowest BCUT2D eigenvalue weighted by Gasteiger charge is -2.14. The molecule has 0 amide bonds. The van der Waals surface area contributed by atoms with Crippen LogP contribution in [-0.4, -0.2) is 43.6 Å². The second kappa shape index (κ2) is 10.6. The van der Waals surface area contributed by atoms with Gasteiger partial charge in [-0.3, -0.25) is 9.67 Å². The molecule has 0 aliphatic rings. The number of aromatic nitrogens is 2. The molecule has 0 bridgehead atoms. The van der Waals surface area contributed by atoms with Crippen LogP contribution in [0.1, 0.15) is 36.4 Å². The zero-order valence-corrected chi connectivity index (χ0v) is 17.9. The first-order chi connectivity index (χ1) is 13.6. The Kier molecular flexibility index (Phi) is 8.17. The summed E-state index contributed by atoms with van der Waals surface area (Å²) in [7, 11) is 7.10. The molecule has 28 heavy (non-hydrogen) atoms. The molecule has 0 fully saturated rings. The maximum absolute atomic E-state index is 5.37. The van der Waals surface area contributed by atoms with Crippen molar-refractivity contribution in [2.75, 3.05) is 27.8 Å². The van der Waals surface area contributed by atoms with E-state index in [1.807, 2.05) is 23.9 Å². The van der Waals surface area contributed by atoms with E-state index in [4.69, 9.17) is 9.47 Å². The van der Waals surface area contributed by atoms with Crippen LogP contribution >= 0.6 is 0 Å². The summed E-state index contributed by atoms with van der Waals surface area (Å²) in [5.41, 5.74) is 4.86. The molecule has 7 heteroatoms. The Balaban J connectivity index is 1.92. The normalized spacial score (nSPS) is 11.4. The van der Waals surface area contributed by atoms with E-state index in [0.29, 0.717) is 0 Å². The van der Waals surface area contributed by atoms with Gasteiger partial charge in [0.15, 0.2) is 17.5 Å². The first-order valence-electron chi connectivity index (χ1n) is 9.76. The minimum Gasteiger partial charge on any atom is -0.493 e. The van der Waals surface area contributed by atoms with Crippen molar-refractivity contribution in [1.82, 2.24) is 20.4 Å². The molecule has 0 spiro atoms. The largest absolute Gasteiger partial charge is 0.493 e. The number of methoxy groups -OCH3 is 2. The van der Waals surface area contributed by atoms with Crippen LogP contribution in [0.2, 0.25) is 0 Å². The number of hydrogen-bond acceptors (Lipinski definition) is 4. The number of nitrogens with one attached hydrogen (secondary N) is 2. The first kappa shape index (κ1) is 21.6. The summed E-state index contributed by atoms with van der Waals surface area (Å²) < 4.78 is 12.6. The van der Waals surface area contributed by atoms with Crippen LogP contribution in [0, 0.1) is 0 Å². The zero-order valence-electron chi connectivity index (χ0n) is 17.9. The number of nitrogens with zero attached hydrogens (tertiary/aromatic N) is 3. The molecule has 7 nitrogen and oxygen atoms in total. The predicted molar refractivity (Wildman–Crippen MR) is 113 cm³/mol. The van der Waals surface area contributed by atoms with Crippen LogP contribution in [-0.2, 0) is 32.9 Å². The van der Waals surface area contributed by atoms with Crippen molar-refractivity contribution in [2.24, 2.45) is 12.0 Å². The molecule has 154 valence electrons. The van der Waals surface area contributed by atoms with Gasteiger partial charge in [0.05, 0.1) is 19.9 Å². The second-order valence-corrected chi connectivity index (χ2v) is 6.49. The highest BCUT2D eigenvalue weighted by Gasteiger charge is 2.13. The van der Waals surface area contributed by atoms with Crippen molar-refractivity contribution in [2.45, 2.75) is 39.7 Å². The Hall–Kier alpha value is -2.70. The lowest BCUT2D eigenvalue weighted by Crippen LogP contribution is -2.38. The molecule has 1 aromatic heterocycles. The lowest BCUT2D eigenvalue weighted by atomic mass is 10.1. The number of hydrogen-bond donors (Lipinski definition) is 2. The lowest BCUT2D eigenvalue weighted by molar-refractivity contribution is 0.354. The molecule has 2 N–H and O–H groups in total. The van der Waals surface area contributed by atoms with Gasteiger partial charge < -0.3 is 20.1 Å². The number of aliphatic imine (C=N–C) groups is 1. The average Bonchev–Trinajstić information content (AvgIpc) is 3.04. The van der Waals surface area contributed by atoms with Gasteiger partial charge >= 0.3 is 0 Å².